The van der Waals surface area contributed by atoms with Crippen LogP contribution in [0, 0.1) is 0 Å². The molecule has 0 saturated carbocycles. The van der Waals surface area contributed by atoms with Crippen LogP contribution in [0.25, 0.3) is 55.6 Å². The summed E-state index contributed by atoms with van der Waals surface area (Å²) in [5.74, 6) is 0. The summed E-state index contributed by atoms with van der Waals surface area (Å²) < 4.78 is 0. The molecule has 0 aromatic heterocycles. The number of fused-ring (bicyclic) bond motifs is 13. The van der Waals surface area contributed by atoms with Crippen molar-refractivity contribution in [3.63, 3.8) is 0 Å². The minimum atomic E-state index is -0.589. The van der Waals surface area contributed by atoms with Crippen LogP contribution in [0.15, 0.2) is 267 Å². The summed E-state index contributed by atoms with van der Waals surface area (Å²) in [6, 6.07) is 99.1. The van der Waals surface area contributed by atoms with Gasteiger partial charge < -0.3 is 9.80 Å². The first-order valence-corrected chi connectivity index (χ1v) is 25.2. The Hall–Kier alpha value is -8.98. The Morgan fingerprint density at radius 3 is 0.972 bits per heavy atom. The molecule has 1 atom stereocenters. The number of rotatable bonds is 8. The van der Waals surface area contributed by atoms with E-state index < -0.39 is 5.41 Å². The summed E-state index contributed by atoms with van der Waals surface area (Å²) in [6.07, 6.45) is 0. The van der Waals surface area contributed by atoms with Gasteiger partial charge in [0, 0.05) is 39.5 Å². The molecule has 3 aliphatic carbocycles. The van der Waals surface area contributed by atoms with Crippen molar-refractivity contribution in [2.24, 2.45) is 0 Å². The molecule has 340 valence electrons. The predicted molar refractivity (Wildman–Crippen MR) is 301 cm³/mol. The average Bonchev–Trinajstić information content (AvgIpc) is 4.00. The quantitative estimate of drug-likeness (QED) is 0.150. The van der Waals surface area contributed by atoms with E-state index in [2.05, 4.69) is 291 Å². The highest BCUT2D eigenvalue weighted by Crippen LogP contribution is 2.64. The van der Waals surface area contributed by atoms with E-state index >= 15 is 0 Å². The fourth-order valence-corrected chi connectivity index (χ4v) is 12.6. The first-order valence-electron chi connectivity index (χ1n) is 25.2. The summed E-state index contributed by atoms with van der Waals surface area (Å²) in [6.45, 7) is 4.74. The molecule has 0 bridgehead atoms. The van der Waals surface area contributed by atoms with Crippen LogP contribution in [0.2, 0.25) is 0 Å². The van der Waals surface area contributed by atoms with E-state index in [1.807, 2.05) is 0 Å². The standard InChI is InChI=1S/C70H50N2/c1-69(2)63-27-15-12-24-57(63)60-41-38-54(44-66(60)69)72(51-22-10-5-11-23-51)56-40-43-62-59-26-14-17-29-65(59)70(68(62)46-56)64-28-16-13-25-58(64)61-42-39-55(45-67(61)70)71(52-34-30-49(31-35-52)47-18-6-3-7-19-47)53-36-32-50(33-37-53)48-20-8-4-9-21-48/h3-46H,1-2H3. The fourth-order valence-electron chi connectivity index (χ4n) is 12.6. The van der Waals surface area contributed by atoms with Crippen molar-refractivity contribution >= 4 is 34.1 Å². The third-order valence-corrected chi connectivity index (χ3v) is 15.9. The molecule has 0 N–H and O–H groups in total. The Morgan fingerprint density at radius 2 is 0.514 bits per heavy atom. The highest BCUT2D eigenvalue weighted by molar-refractivity contribution is 5.98. The van der Waals surface area contributed by atoms with Crippen LogP contribution in [-0.2, 0) is 10.8 Å². The number of hydrogen-bond donors (Lipinski definition) is 0. The van der Waals surface area contributed by atoms with Gasteiger partial charge in [0.25, 0.3) is 0 Å². The normalized spacial score (nSPS) is 15.0. The first-order chi connectivity index (χ1) is 35.5. The summed E-state index contributed by atoms with van der Waals surface area (Å²) in [5, 5.41) is 0. The summed E-state index contributed by atoms with van der Waals surface area (Å²) in [4.78, 5) is 4.90. The highest BCUT2D eigenvalue weighted by Gasteiger charge is 2.52. The minimum absolute atomic E-state index is 0.134. The second-order valence-corrected chi connectivity index (χ2v) is 20.0. The van der Waals surface area contributed by atoms with E-state index in [0.717, 1.165) is 34.1 Å². The van der Waals surface area contributed by atoms with Gasteiger partial charge in [0.15, 0.2) is 0 Å². The van der Waals surface area contributed by atoms with Crippen LogP contribution in [0.3, 0.4) is 0 Å². The maximum atomic E-state index is 2.51. The molecular weight excluding hydrogens is 869 g/mol. The SMILES string of the molecule is CC1(C)c2ccccc2-c2ccc(N(c3ccccc3)c3ccc4c(c3)C3(c5ccccc5-c5ccc(N(c6ccc(-c7ccccc7)cc6)c6ccc(-c7ccccc7)cc6)cc53)c3ccccc3-4)cc21. The van der Waals surface area contributed by atoms with Crippen LogP contribution in [0.5, 0.6) is 0 Å². The molecular formula is C70H50N2. The van der Waals surface area contributed by atoms with E-state index in [0.29, 0.717) is 0 Å². The smallest absolute Gasteiger partial charge is 0.0727 e. The van der Waals surface area contributed by atoms with Crippen molar-refractivity contribution in [3.8, 4) is 55.6 Å². The van der Waals surface area contributed by atoms with Crippen molar-refractivity contribution in [1.82, 2.24) is 0 Å². The van der Waals surface area contributed by atoms with Crippen molar-refractivity contribution in [3.05, 3.63) is 300 Å². The topological polar surface area (TPSA) is 6.48 Å². The van der Waals surface area contributed by atoms with Crippen LogP contribution in [-0.4, -0.2) is 0 Å². The fraction of sp³-hybridized carbons (Fsp3) is 0.0571. The van der Waals surface area contributed by atoms with E-state index in [1.165, 1.54) is 89.0 Å². The van der Waals surface area contributed by atoms with Gasteiger partial charge in [-0.2, -0.15) is 0 Å². The molecule has 2 heteroatoms. The lowest BCUT2D eigenvalue weighted by Crippen LogP contribution is -2.26. The second kappa shape index (κ2) is 16.3. The van der Waals surface area contributed by atoms with Crippen LogP contribution in [0.1, 0.15) is 47.2 Å². The highest BCUT2D eigenvalue weighted by atomic mass is 15.1. The molecule has 3 aliphatic rings. The largest absolute Gasteiger partial charge is 0.310 e. The van der Waals surface area contributed by atoms with Crippen molar-refractivity contribution in [1.29, 1.82) is 0 Å². The monoisotopic (exact) mass is 918 g/mol. The van der Waals surface area contributed by atoms with Gasteiger partial charge in [-0.05, 0) is 162 Å². The lowest BCUT2D eigenvalue weighted by atomic mass is 9.70. The zero-order valence-corrected chi connectivity index (χ0v) is 40.3. The van der Waals surface area contributed by atoms with E-state index in [-0.39, 0.29) is 5.41 Å². The van der Waals surface area contributed by atoms with Gasteiger partial charge in [-0.25, -0.2) is 0 Å². The van der Waals surface area contributed by atoms with Gasteiger partial charge in [-0.3, -0.25) is 0 Å². The van der Waals surface area contributed by atoms with Gasteiger partial charge in [0.2, 0.25) is 0 Å². The molecule has 1 spiro atoms. The zero-order valence-electron chi connectivity index (χ0n) is 40.3. The minimum Gasteiger partial charge on any atom is -0.310 e. The Bertz CT molecular complexity index is 3780. The Morgan fingerprint density at radius 1 is 0.222 bits per heavy atom. The number of benzene rings is 11. The zero-order chi connectivity index (χ0) is 48.0. The Balaban J connectivity index is 0.969. The van der Waals surface area contributed by atoms with Gasteiger partial charge in [-0.15, -0.1) is 0 Å². The Labute approximate surface area is 422 Å². The predicted octanol–water partition coefficient (Wildman–Crippen LogP) is 18.6. The molecule has 0 radical (unpaired) electrons. The molecule has 0 fully saturated rings. The van der Waals surface area contributed by atoms with Gasteiger partial charge >= 0.3 is 0 Å². The van der Waals surface area contributed by atoms with Gasteiger partial charge in [0.1, 0.15) is 0 Å². The summed E-state index contributed by atoms with van der Waals surface area (Å²) in [7, 11) is 0. The molecule has 0 amide bonds. The average molecular weight is 919 g/mol. The molecule has 1 unspecified atom stereocenters. The number of anilines is 6. The lowest BCUT2D eigenvalue weighted by molar-refractivity contribution is 0.660. The lowest BCUT2D eigenvalue weighted by Gasteiger charge is -2.33. The van der Waals surface area contributed by atoms with Gasteiger partial charge in [-0.1, -0.05) is 208 Å². The Kier molecular flexibility index (Phi) is 9.50. The molecule has 0 saturated heterocycles. The van der Waals surface area contributed by atoms with E-state index in [1.54, 1.807) is 0 Å². The summed E-state index contributed by atoms with van der Waals surface area (Å²) >= 11 is 0. The van der Waals surface area contributed by atoms with Crippen LogP contribution < -0.4 is 9.80 Å². The third-order valence-electron chi connectivity index (χ3n) is 15.9. The molecule has 11 aromatic rings. The maximum Gasteiger partial charge on any atom is 0.0727 e. The molecule has 11 aromatic carbocycles. The van der Waals surface area contributed by atoms with Gasteiger partial charge in [0.05, 0.1) is 5.41 Å². The van der Waals surface area contributed by atoms with Crippen molar-refractivity contribution in [2.75, 3.05) is 9.80 Å². The first kappa shape index (κ1) is 41.9. The molecule has 0 heterocycles. The molecule has 2 nitrogen and oxygen atoms in total. The molecule has 0 aliphatic heterocycles. The van der Waals surface area contributed by atoms with E-state index in [4.69, 9.17) is 0 Å². The maximum absolute atomic E-state index is 2.51. The molecule has 14 rings (SSSR count). The second-order valence-electron chi connectivity index (χ2n) is 20.0. The third kappa shape index (κ3) is 6.28. The van der Waals surface area contributed by atoms with Crippen molar-refractivity contribution < 1.29 is 0 Å². The number of hydrogen-bond acceptors (Lipinski definition) is 2. The number of para-hydroxylation sites is 1. The van der Waals surface area contributed by atoms with Crippen molar-refractivity contribution in [2.45, 2.75) is 24.7 Å². The summed E-state index contributed by atoms with van der Waals surface area (Å²) in [5.41, 5.74) is 26.4. The molecule has 72 heavy (non-hydrogen) atoms. The van der Waals surface area contributed by atoms with Crippen LogP contribution >= 0.6 is 0 Å². The van der Waals surface area contributed by atoms with E-state index in [9.17, 15) is 0 Å². The number of nitrogens with zero attached hydrogens (tertiary/aromatic N) is 2. The van der Waals surface area contributed by atoms with Crippen LogP contribution in [0.4, 0.5) is 34.1 Å².